The van der Waals surface area contributed by atoms with Crippen LogP contribution in [0.5, 0.6) is 0 Å². The second-order valence-electron chi connectivity index (χ2n) is 4.82. The van der Waals surface area contributed by atoms with Crippen molar-refractivity contribution in [1.29, 1.82) is 0 Å². The molecule has 0 amide bonds. The molecule has 0 bridgehead atoms. The van der Waals surface area contributed by atoms with Crippen LogP contribution in [-0.4, -0.2) is 25.4 Å². The normalized spacial score (nSPS) is 22.2. The molecule has 0 unspecified atom stereocenters. The van der Waals surface area contributed by atoms with Crippen LogP contribution in [0.25, 0.3) is 0 Å². The highest BCUT2D eigenvalue weighted by Crippen LogP contribution is 2.67. The Kier molecular flexibility index (Phi) is 5.42. The van der Waals surface area contributed by atoms with E-state index in [4.69, 9.17) is 9.05 Å². The molecule has 1 aliphatic heterocycles. The van der Waals surface area contributed by atoms with Gasteiger partial charge in [-0.1, -0.05) is 30.3 Å². The molecule has 2 rings (SSSR count). The van der Waals surface area contributed by atoms with Crippen LogP contribution < -0.4 is 0 Å². The molecule has 1 aromatic rings. The maximum Gasteiger partial charge on any atom is 0.400 e. The van der Waals surface area contributed by atoms with E-state index in [-0.39, 0.29) is 19.8 Å². The van der Waals surface area contributed by atoms with Gasteiger partial charge in [-0.25, -0.2) is 0 Å². The summed E-state index contributed by atoms with van der Waals surface area (Å²) in [7, 11) is -4.58. The van der Waals surface area contributed by atoms with Gasteiger partial charge in [-0.05, 0) is 19.4 Å². The smallest absolute Gasteiger partial charge is 0.305 e. The van der Waals surface area contributed by atoms with Gasteiger partial charge in [0.1, 0.15) is 6.04 Å². The van der Waals surface area contributed by atoms with Gasteiger partial charge in [0.05, 0.1) is 25.7 Å². The Hall–Kier alpha value is -1.17. The summed E-state index contributed by atoms with van der Waals surface area (Å²) in [6, 6.07) is 7.81. The van der Waals surface area contributed by atoms with E-state index in [1.165, 1.54) is 13.8 Å². The molecule has 1 aliphatic rings. The van der Waals surface area contributed by atoms with Gasteiger partial charge in [0.15, 0.2) is 0 Å². The minimum absolute atomic E-state index is 0.121. The Morgan fingerprint density at radius 1 is 1.23 bits per heavy atom. The number of alkyl halides is 2. The molecule has 0 aliphatic carbocycles. The maximum atomic E-state index is 14.9. The highest BCUT2D eigenvalue weighted by molar-refractivity contribution is 7.55. The summed E-state index contributed by atoms with van der Waals surface area (Å²) in [4.78, 5) is 0. The van der Waals surface area contributed by atoms with Crippen molar-refractivity contribution < 1.29 is 22.4 Å². The molecular formula is C14H19F2N2O3P. The molecule has 0 aromatic heterocycles. The molecule has 1 aromatic carbocycles. The van der Waals surface area contributed by atoms with Crippen LogP contribution in [0.15, 0.2) is 40.6 Å². The van der Waals surface area contributed by atoms with Crippen molar-refractivity contribution >= 4 is 7.60 Å². The predicted molar refractivity (Wildman–Crippen MR) is 78.2 cm³/mol. The van der Waals surface area contributed by atoms with Crippen molar-refractivity contribution in [2.45, 2.75) is 25.6 Å². The number of rotatable bonds is 7. The van der Waals surface area contributed by atoms with Crippen LogP contribution in [0, 0.1) is 5.92 Å². The van der Waals surface area contributed by atoms with Crippen LogP contribution in [0.2, 0.25) is 0 Å². The van der Waals surface area contributed by atoms with E-state index in [1.54, 1.807) is 30.3 Å². The number of halogens is 2. The van der Waals surface area contributed by atoms with Crippen LogP contribution in [0.3, 0.4) is 0 Å². The monoisotopic (exact) mass is 332 g/mol. The molecule has 8 heteroatoms. The molecular weight excluding hydrogens is 313 g/mol. The van der Waals surface area contributed by atoms with Crippen LogP contribution in [0.1, 0.15) is 25.5 Å². The molecule has 1 heterocycles. The first-order chi connectivity index (χ1) is 10.5. The number of azo groups is 1. The van der Waals surface area contributed by atoms with E-state index in [0.29, 0.717) is 5.56 Å². The summed E-state index contributed by atoms with van der Waals surface area (Å²) in [5, 5.41) is 7.64. The molecule has 0 saturated carbocycles. The van der Waals surface area contributed by atoms with Gasteiger partial charge in [0.2, 0.25) is 0 Å². The van der Waals surface area contributed by atoms with Crippen molar-refractivity contribution in [1.82, 2.24) is 0 Å². The third kappa shape index (κ3) is 3.12. The first-order valence-electron chi connectivity index (χ1n) is 7.14. The van der Waals surface area contributed by atoms with Gasteiger partial charge >= 0.3 is 13.3 Å². The lowest BCUT2D eigenvalue weighted by Crippen LogP contribution is -2.34. The third-order valence-corrected chi connectivity index (χ3v) is 5.67. The Labute approximate surface area is 128 Å². The van der Waals surface area contributed by atoms with Gasteiger partial charge in [-0.3, -0.25) is 4.57 Å². The van der Waals surface area contributed by atoms with Crippen molar-refractivity contribution in [2.75, 3.05) is 19.8 Å². The molecule has 0 fully saturated rings. The quantitative estimate of drug-likeness (QED) is 0.682. The number of hydrogen-bond acceptors (Lipinski definition) is 5. The fourth-order valence-electron chi connectivity index (χ4n) is 2.40. The van der Waals surface area contributed by atoms with Crippen molar-refractivity contribution in [2.24, 2.45) is 16.1 Å². The lowest BCUT2D eigenvalue weighted by molar-refractivity contribution is -0.0128. The molecule has 22 heavy (non-hydrogen) atoms. The van der Waals surface area contributed by atoms with Gasteiger partial charge in [-0.2, -0.15) is 19.0 Å². The maximum absolute atomic E-state index is 14.9. The van der Waals surface area contributed by atoms with E-state index in [1.807, 2.05) is 0 Å². The highest BCUT2D eigenvalue weighted by atomic mass is 31.2. The summed E-state index contributed by atoms with van der Waals surface area (Å²) >= 11 is 0. The second-order valence-corrected chi connectivity index (χ2v) is 6.93. The number of hydrogen-bond donors (Lipinski definition) is 0. The Balaban J connectivity index is 2.33. The Morgan fingerprint density at radius 3 is 2.36 bits per heavy atom. The van der Waals surface area contributed by atoms with Crippen molar-refractivity contribution in [3.8, 4) is 0 Å². The topological polar surface area (TPSA) is 60.2 Å². The average Bonchev–Trinajstić information content (AvgIpc) is 2.98. The number of benzene rings is 1. The van der Waals surface area contributed by atoms with E-state index in [9.17, 15) is 13.3 Å². The summed E-state index contributed by atoms with van der Waals surface area (Å²) in [5.41, 5.74) is -3.06. The van der Waals surface area contributed by atoms with Gasteiger partial charge < -0.3 is 9.05 Å². The predicted octanol–water partition coefficient (Wildman–Crippen LogP) is 4.67. The van der Waals surface area contributed by atoms with Gasteiger partial charge in [0.25, 0.3) is 0 Å². The van der Waals surface area contributed by atoms with E-state index >= 15 is 0 Å². The molecule has 122 valence electrons. The summed E-state index contributed by atoms with van der Waals surface area (Å²) in [5.74, 6) is -1.35. The molecule has 0 saturated heterocycles. The van der Waals surface area contributed by atoms with Crippen LogP contribution in [0.4, 0.5) is 8.78 Å². The summed E-state index contributed by atoms with van der Waals surface area (Å²) in [6.45, 7) is 2.55. The zero-order valence-electron chi connectivity index (χ0n) is 12.5. The average molecular weight is 332 g/mol. The molecule has 5 nitrogen and oxygen atoms in total. The molecule has 0 spiro atoms. The lowest BCUT2D eigenvalue weighted by Gasteiger charge is -2.31. The second kappa shape index (κ2) is 6.94. The number of nitrogens with zero attached hydrogens (tertiary/aromatic N) is 2. The summed E-state index contributed by atoms with van der Waals surface area (Å²) < 4.78 is 51.9. The minimum Gasteiger partial charge on any atom is -0.305 e. The third-order valence-electron chi connectivity index (χ3n) is 3.42. The first kappa shape index (κ1) is 17.2. The molecule has 2 atom stereocenters. The van der Waals surface area contributed by atoms with Gasteiger partial charge in [-0.15, -0.1) is 0 Å². The molecule has 0 N–H and O–H groups in total. The largest absolute Gasteiger partial charge is 0.400 e. The fourth-order valence-corrected chi connectivity index (χ4v) is 4.13. The van der Waals surface area contributed by atoms with E-state index in [0.717, 1.165) is 0 Å². The zero-order chi connectivity index (χ0) is 16.2. The standard InChI is InChI=1S/C14H19F2N2O3P/c1-3-20-22(19,21-4-2)14(15,16)12-10-17-18-13(12)11-8-6-5-7-9-11/h5-9,12-13H,3-4,10H2,1-2H3/t12-,13+/m0/s1. The molecule has 0 radical (unpaired) electrons. The Bertz CT molecular complexity index is 558. The van der Waals surface area contributed by atoms with Gasteiger partial charge in [0, 0.05) is 0 Å². The Morgan fingerprint density at radius 2 is 1.82 bits per heavy atom. The van der Waals surface area contributed by atoms with Crippen molar-refractivity contribution in [3.05, 3.63) is 35.9 Å². The van der Waals surface area contributed by atoms with Crippen LogP contribution in [-0.2, 0) is 13.6 Å². The fraction of sp³-hybridized carbons (Fsp3) is 0.571. The SMILES string of the molecule is CCOP(=O)(OCC)C(F)(F)[C@H]1CN=N[C@@H]1c1ccccc1. The highest BCUT2D eigenvalue weighted by Gasteiger charge is 2.62. The van der Waals surface area contributed by atoms with Crippen LogP contribution >= 0.6 is 7.60 Å². The van der Waals surface area contributed by atoms with E-state index < -0.39 is 25.2 Å². The van der Waals surface area contributed by atoms with E-state index in [2.05, 4.69) is 10.2 Å². The lowest BCUT2D eigenvalue weighted by atomic mass is 9.95. The summed E-state index contributed by atoms with van der Waals surface area (Å²) in [6.07, 6.45) is 0. The first-order valence-corrected chi connectivity index (χ1v) is 8.69. The zero-order valence-corrected chi connectivity index (χ0v) is 13.4. The minimum atomic E-state index is -4.58. The van der Waals surface area contributed by atoms with Crippen molar-refractivity contribution in [3.63, 3.8) is 0 Å².